The van der Waals surface area contributed by atoms with Gasteiger partial charge >= 0.3 is 0 Å². The summed E-state index contributed by atoms with van der Waals surface area (Å²) in [4.78, 5) is 13.2. The van der Waals surface area contributed by atoms with Gasteiger partial charge in [0.05, 0.1) is 13.2 Å². The minimum absolute atomic E-state index is 0.0242. The van der Waals surface area contributed by atoms with Crippen molar-refractivity contribution in [3.05, 3.63) is 58.9 Å². The first-order chi connectivity index (χ1) is 13.9. The first kappa shape index (κ1) is 22.9. The Bertz CT molecular complexity index is 760. The summed E-state index contributed by atoms with van der Waals surface area (Å²) in [6.07, 6.45) is 8.05. The normalized spacial score (nSPS) is 17.8. The number of anilines is 1. The van der Waals surface area contributed by atoms with Gasteiger partial charge in [-0.3, -0.25) is 4.79 Å². The molecule has 0 fully saturated rings. The highest BCUT2D eigenvalue weighted by atomic mass is 16.5. The highest BCUT2D eigenvalue weighted by Gasteiger charge is 2.30. The van der Waals surface area contributed by atoms with Crippen LogP contribution in [0.5, 0.6) is 0 Å². The Morgan fingerprint density at radius 2 is 1.83 bits per heavy atom. The lowest BCUT2D eigenvalue weighted by molar-refractivity contribution is -0.104. The fourth-order valence-corrected chi connectivity index (χ4v) is 3.73. The van der Waals surface area contributed by atoms with E-state index in [1.54, 1.807) is 6.08 Å². The van der Waals surface area contributed by atoms with E-state index in [9.17, 15) is 9.90 Å². The van der Waals surface area contributed by atoms with Gasteiger partial charge in [-0.1, -0.05) is 38.1 Å². The molecular formula is C24H33NO4. The van der Waals surface area contributed by atoms with Crippen molar-refractivity contribution in [2.24, 2.45) is 5.41 Å². The number of aliphatic hydroxyl groups is 2. The van der Waals surface area contributed by atoms with Crippen molar-refractivity contribution in [3.63, 3.8) is 0 Å². The predicted molar refractivity (Wildman–Crippen MR) is 118 cm³/mol. The van der Waals surface area contributed by atoms with Gasteiger partial charge in [-0.25, -0.2) is 0 Å². The monoisotopic (exact) mass is 399 g/mol. The van der Waals surface area contributed by atoms with Gasteiger partial charge in [0.2, 0.25) is 0 Å². The number of carbonyl (C=O) groups excluding carboxylic acids is 1. The standard InChI is InChI=1S/C24H33NO4/c1-4-25(12-14-27)22-9-6-19(7-10-22)5-8-20-17-24(2,3)18-21(11-13-26)23(20)29-16-15-28/h5-11,13,27-28H,4,12,14-18H2,1-3H3/b8-5+,21-11+. The lowest BCUT2D eigenvalue weighted by Crippen LogP contribution is -2.25. The molecule has 0 atom stereocenters. The minimum atomic E-state index is -0.0680. The van der Waals surface area contributed by atoms with Gasteiger partial charge in [0, 0.05) is 18.8 Å². The molecule has 1 aliphatic carbocycles. The molecule has 0 unspecified atom stereocenters. The molecule has 0 heterocycles. The molecule has 0 amide bonds. The van der Waals surface area contributed by atoms with Gasteiger partial charge in [0.15, 0.2) is 0 Å². The summed E-state index contributed by atoms with van der Waals surface area (Å²) in [6.45, 7) is 8.15. The maximum absolute atomic E-state index is 11.1. The average Bonchev–Trinajstić information content (AvgIpc) is 2.70. The Balaban J connectivity index is 2.30. The van der Waals surface area contributed by atoms with Crippen LogP contribution in [0.25, 0.3) is 6.08 Å². The van der Waals surface area contributed by atoms with Crippen molar-refractivity contribution in [3.8, 4) is 0 Å². The number of benzene rings is 1. The number of allylic oxidation sites excluding steroid dienone is 4. The van der Waals surface area contributed by atoms with Crippen LogP contribution in [0.1, 0.15) is 39.2 Å². The molecule has 0 bridgehead atoms. The minimum Gasteiger partial charge on any atom is -0.491 e. The summed E-state index contributed by atoms with van der Waals surface area (Å²) >= 11 is 0. The zero-order valence-electron chi connectivity index (χ0n) is 17.7. The van der Waals surface area contributed by atoms with E-state index in [1.807, 2.05) is 12.2 Å². The Morgan fingerprint density at radius 3 is 2.41 bits per heavy atom. The van der Waals surface area contributed by atoms with Crippen molar-refractivity contribution < 1.29 is 19.7 Å². The summed E-state index contributed by atoms with van der Waals surface area (Å²) in [7, 11) is 0. The second-order valence-electron chi connectivity index (χ2n) is 8.00. The molecule has 1 aliphatic rings. The number of ether oxygens (including phenoxy) is 1. The molecule has 5 heteroatoms. The molecule has 0 radical (unpaired) electrons. The van der Waals surface area contributed by atoms with Gasteiger partial charge in [-0.05, 0) is 60.1 Å². The highest BCUT2D eigenvalue weighted by Crippen LogP contribution is 2.42. The summed E-state index contributed by atoms with van der Waals surface area (Å²) < 4.78 is 5.80. The number of aldehydes is 1. The fourth-order valence-electron chi connectivity index (χ4n) is 3.73. The van der Waals surface area contributed by atoms with E-state index in [4.69, 9.17) is 9.84 Å². The number of rotatable bonds is 10. The van der Waals surface area contributed by atoms with Crippen LogP contribution in [-0.4, -0.2) is 49.4 Å². The largest absolute Gasteiger partial charge is 0.491 e. The van der Waals surface area contributed by atoms with Gasteiger partial charge < -0.3 is 19.8 Å². The Labute approximate surface area is 174 Å². The van der Waals surface area contributed by atoms with Crippen LogP contribution in [0, 0.1) is 5.41 Å². The quantitative estimate of drug-likeness (QED) is 0.463. The molecule has 5 nitrogen and oxygen atoms in total. The zero-order chi connectivity index (χ0) is 21.3. The number of aliphatic hydroxyl groups excluding tert-OH is 2. The summed E-state index contributed by atoms with van der Waals surface area (Å²) in [5, 5.41) is 18.4. The SMILES string of the molecule is CCN(CCO)c1ccc(/C=C/C2=C(OCCO)C(=C/C=O)/CC(C)(C)C2)cc1. The van der Waals surface area contributed by atoms with Crippen LogP contribution in [0.3, 0.4) is 0 Å². The molecule has 2 N–H and O–H groups in total. The molecule has 1 aromatic rings. The van der Waals surface area contributed by atoms with Crippen LogP contribution in [-0.2, 0) is 9.53 Å². The second-order valence-corrected chi connectivity index (χ2v) is 8.00. The van der Waals surface area contributed by atoms with Gasteiger partial charge in [0.25, 0.3) is 0 Å². The van der Waals surface area contributed by atoms with Crippen molar-refractivity contribution in [2.75, 3.05) is 37.8 Å². The number of carbonyl (C=O) groups is 1. The van der Waals surface area contributed by atoms with Crippen LogP contribution in [0.15, 0.2) is 53.3 Å². The van der Waals surface area contributed by atoms with E-state index in [0.29, 0.717) is 12.3 Å². The predicted octanol–water partition coefficient (Wildman–Crippen LogP) is 3.73. The van der Waals surface area contributed by atoms with Gasteiger partial charge in [0.1, 0.15) is 18.7 Å². The van der Waals surface area contributed by atoms with Gasteiger partial charge in [-0.15, -0.1) is 0 Å². The zero-order valence-corrected chi connectivity index (χ0v) is 17.7. The Hall–Kier alpha value is -2.37. The number of hydrogen-bond donors (Lipinski definition) is 2. The first-order valence-corrected chi connectivity index (χ1v) is 10.2. The topological polar surface area (TPSA) is 70.0 Å². The third-order valence-electron chi connectivity index (χ3n) is 5.02. The molecule has 0 saturated carbocycles. The van der Waals surface area contributed by atoms with Crippen molar-refractivity contribution >= 4 is 18.0 Å². The van der Waals surface area contributed by atoms with E-state index in [2.05, 4.69) is 49.9 Å². The lowest BCUT2D eigenvalue weighted by Gasteiger charge is -2.33. The first-order valence-electron chi connectivity index (χ1n) is 10.2. The maximum Gasteiger partial charge on any atom is 0.143 e. The maximum atomic E-state index is 11.1. The molecule has 0 aromatic heterocycles. The number of hydrogen-bond acceptors (Lipinski definition) is 5. The second kappa shape index (κ2) is 11.0. The third kappa shape index (κ3) is 6.58. The molecule has 1 aromatic carbocycles. The number of nitrogens with zero attached hydrogens (tertiary/aromatic N) is 1. The smallest absolute Gasteiger partial charge is 0.143 e. The Morgan fingerprint density at radius 1 is 1.10 bits per heavy atom. The van der Waals surface area contributed by atoms with Crippen LogP contribution >= 0.6 is 0 Å². The van der Waals surface area contributed by atoms with E-state index < -0.39 is 0 Å². The molecule has 0 saturated heterocycles. The summed E-state index contributed by atoms with van der Waals surface area (Å²) in [5.74, 6) is 0.707. The third-order valence-corrected chi connectivity index (χ3v) is 5.02. The molecule has 0 aliphatic heterocycles. The summed E-state index contributed by atoms with van der Waals surface area (Å²) in [6, 6.07) is 8.21. The van der Waals surface area contributed by atoms with Crippen molar-refractivity contribution in [2.45, 2.75) is 33.6 Å². The van der Waals surface area contributed by atoms with Crippen LogP contribution in [0.4, 0.5) is 5.69 Å². The molecule has 0 spiro atoms. The van der Waals surface area contributed by atoms with Crippen molar-refractivity contribution in [1.29, 1.82) is 0 Å². The van der Waals surface area contributed by atoms with E-state index in [-0.39, 0.29) is 25.2 Å². The Kier molecular flexibility index (Phi) is 8.68. The number of likely N-dealkylation sites (N-methyl/N-ethyl adjacent to an activating group) is 1. The molecular weight excluding hydrogens is 366 g/mol. The van der Waals surface area contributed by atoms with E-state index >= 15 is 0 Å². The molecule has 158 valence electrons. The van der Waals surface area contributed by atoms with Crippen LogP contribution in [0.2, 0.25) is 0 Å². The van der Waals surface area contributed by atoms with Crippen LogP contribution < -0.4 is 4.90 Å². The van der Waals surface area contributed by atoms with Crippen molar-refractivity contribution in [1.82, 2.24) is 0 Å². The summed E-state index contributed by atoms with van der Waals surface area (Å²) in [5.41, 5.74) is 4.08. The molecule has 29 heavy (non-hydrogen) atoms. The van der Waals surface area contributed by atoms with E-state index in [0.717, 1.165) is 48.1 Å². The average molecular weight is 400 g/mol. The lowest BCUT2D eigenvalue weighted by atomic mass is 9.74. The molecule has 2 rings (SSSR count). The fraction of sp³-hybridized carbons (Fsp3) is 0.458. The van der Waals surface area contributed by atoms with Gasteiger partial charge in [-0.2, -0.15) is 0 Å². The highest BCUT2D eigenvalue weighted by molar-refractivity contribution is 5.69. The van der Waals surface area contributed by atoms with E-state index in [1.165, 1.54) is 0 Å².